The number of carbonyl (C=O) groups excluding carboxylic acids is 2. The molecule has 4 aromatic heterocycles. The number of thiophene rings is 1. The summed E-state index contributed by atoms with van der Waals surface area (Å²) >= 11 is 2.83. The standard InChI is InChI=1S/C20H20N6O2S2/c1-9(2)26-18-14(7-22-26)13(6-15(23-18)12-5-10(3)30-11(12)4)19(28)25-20-24-16(8-29-20)17(21)27/h5-9H,1-4H3,(H2,21,27)(H,24,25,28). The Balaban J connectivity index is 1.83. The molecule has 0 radical (unpaired) electrons. The minimum atomic E-state index is -0.637. The molecule has 0 aliphatic carbocycles. The van der Waals surface area contributed by atoms with Gasteiger partial charge in [0.15, 0.2) is 10.8 Å². The van der Waals surface area contributed by atoms with E-state index < -0.39 is 5.91 Å². The van der Waals surface area contributed by atoms with Gasteiger partial charge in [-0.2, -0.15) is 5.10 Å². The van der Waals surface area contributed by atoms with Gasteiger partial charge in [-0.05, 0) is 39.8 Å². The Labute approximate surface area is 180 Å². The minimum Gasteiger partial charge on any atom is -0.364 e. The maximum Gasteiger partial charge on any atom is 0.268 e. The largest absolute Gasteiger partial charge is 0.364 e. The summed E-state index contributed by atoms with van der Waals surface area (Å²) in [5.41, 5.74) is 8.17. The van der Waals surface area contributed by atoms with E-state index in [1.807, 2.05) is 27.7 Å². The summed E-state index contributed by atoms with van der Waals surface area (Å²) in [6.07, 6.45) is 1.66. The number of carbonyl (C=O) groups is 2. The van der Waals surface area contributed by atoms with Crippen molar-refractivity contribution < 1.29 is 9.59 Å². The van der Waals surface area contributed by atoms with E-state index in [2.05, 4.69) is 21.5 Å². The summed E-state index contributed by atoms with van der Waals surface area (Å²) in [7, 11) is 0. The second kappa shape index (κ2) is 7.62. The summed E-state index contributed by atoms with van der Waals surface area (Å²) in [4.78, 5) is 35.6. The van der Waals surface area contributed by atoms with E-state index in [0.29, 0.717) is 27.4 Å². The first-order valence-corrected chi connectivity index (χ1v) is 11.0. The molecule has 0 atom stereocenters. The first-order chi connectivity index (χ1) is 14.2. The second-order valence-corrected chi connectivity index (χ2v) is 9.48. The number of anilines is 1. The van der Waals surface area contributed by atoms with Gasteiger partial charge >= 0.3 is 0 Å². The molecule has 0 fully saturated rings. The van der Waals surface area contributed by atoms with Crippen molar-refractivity contribution in [1.82, 2.24) is 19.7 Å². The fourth-order valence-corrected chi connectivity index (χ4v) is 4.84. The van der Waals surface area contributed by atoms with Gasteiger partial charge in [0.05, 0.1) is 22.8 Å². The lowest BCUT2D eigenvalue weighted by molar-refractivity contribution is 0.0992. The van der Waals surface area contributed by atoms with Crippen LogP contribution in [0.25, 0.3) is 22.3 Å². The van der Waals surface area contributed by atoms with Crippen LogP contribution in [0.2, 0.25) is 0 Å². The van der Waals surface area contributed by atoms with Gasteiger partial charge in [-0.1, -0.05) is 0 Å². The van der Waals surface area contributed by atoms with Crippen LogP contribution >= 0.6 is 22.7 Å². The van der Waals surface area contributed by atoms with E-state index in [1.54, 1.807) is 28.3 Å². The number of pyridine rings is 1. The summed E-state index contributed by atoms with van der Waals surface area (Å²) < 4.78 is 1.80. The van der Waals surface area contributed by atoms with Gasteiger partial charge in [0.2, 0.25) is 0 Å². The van der Waals surface area contributed by atoms with Crippen LogP contribution in [0.4, 0.5) is 5.13 Å². The molecule has 0 spiro atoms. The number of fused-ring (bicyclic) bond motifs is 1. The van der Waals surface area contributed by atoms with Crippen molar-refractivity contribution in [3.8, 4) is 11.3 Å². The summed E-state index contributed by atoms with van der Waals surface area (Å²) in [5, 5.41) is 9.67. The molecular formula is C20H20N6O2S2. The molecule has 30 heavy (non-hydrogen) atoms. The molecular weight excluding hydrogens is 420 g/mol. The Morgan fingerprint density at radius 2 is 1.97 bits per heavy atom. The van der Waals surface area contributed by atoms with Gasteiger partial charge in [-0.15, -0.1) is 22.7 Å². The predicted molar refractivity (Wildman–Crippen MR) is 119 cm³/mol. The molecule has 0 bridgehead atoms. The van der Waals surface area contributed by atoms with E-state index in [1.165, 1.54) is 10.3 Å². The van der Waals surface area contributed by atoms with Crippen molar-refractivity contribution in [2.75, 3.05) is 5.32 Å². The van der Waals surface area contributed by atoms with E-state index in [-0.39, 0.29) is 17.6 Å². The Morgan fingerprint density at radius 3 is 2.57 bits per heavy atom. The molecule has 4 aromatic rings. The zero-order valence-corrected chi connectivity index (χ0v) is 18.5. The second-order valence-electron chi connectivity index (χ2n) is 7.16. The maximum absolute atomic E-state index is 13.1. The first-order valence-electron chi connectivity index (χ1n) is 9.27. The highest BCUT2D eigenvalue weighted by atomic mass is 32.1. The van der Waals surface area contributed by atoms with Crippen molar-refractivity contribution in [3.63, 3.8) is 0 Å². The van der Waals surface area contributed by atoms with E-state index in [4.69, 9.17) is 10.7 Å². The fraction of sp³-hybridized carbons (Fsp3) is 0.250. The molecule has 4 heterocycles. The first kappa shape index (κ1) is 20.2. The molecule has 2 amide bonds. The average molecular weight is 441 g/mol. The number of thiazole rings is 1. The molecule has 3 N–H and O–H groups in total. The van der Waals surface area contributed by atoms with Gasteiger partial charge in [-0.3, -0.25) is 14.9 Å². The summed E-state index contributed by atoms with van der Waals surface area (Å²) in [6, 6.07) is 3.94. The monoisotopic (exact) mass is 440 g/mol. The highest BCUT2D eigenvalue weighted by Gasteiger charge is 2.21. The number of primary amides is 1. The number of hydrogen-bond donors (Lipinski definition) is 2. The molecule has 4 rings (SSSR count). The molecule has 0 aromatic carbocycles. The fourth-order valence-electron chi connectivity index (χ4n) is 3.22. The van der Waals surface area contributed by atoms with Crippen molar-refractivity contribution in [1.29, 1.82) is 0 Å². The lowest BCUT2D eigenvalue weighted by atomic mass is 10.1. The van der Waals surface area contributed by atoms with Crippen molar-refractivity contribution in [3.05, 3.63) is 44.7 Å². The third kappa shape index (κ3) is 3.59. The Hall–Kier alpha value is -3.11. The number of nitrogens with one attached hydrogen (secondary N) is 1. The average Bonchev–Trinajstić information content (AvgIpc) is 3.38. The number of amides is 2. The van der Waals surface area contributed by atoms with Gasteiger partial charge in [0, 0.05) is 26.7 Å². The van der Waals surface area contributed by atoms with Crippen molar-refractivity contribution >= 4 is 50.7 Å². The topological polar surface area (TPSA) is 116 Å². The minimum absolute atomic E-state index is 0.0866. The predicted octanol–water partition coefficient (Wildman–Crippen LogP) is 4.17. The Morgan fingerprint density at radius 1 is 1.20 bits per heavy atom. The number of aryl methyl sites for hydroxylation is 2. The van der Waals surface area contributed by atoms with Crippen LogP contribution in [0.1, 0.15) is 50.5 Å². The Kier molecular flexibility index (Phi) is 5.12. The summed E-state index contributed by atoms with van der Waals surface area (Å²) in [5.74, 6) is -0.983. The van der Waals surface area contributed by atoms with Gasteiger partial charge < -0.3 is 5.73 Å². The number of nitrogens with zero attached hydrogens (tertiary/aromatic N) is 4. The number of aromatic nitrogens is 4. The zero-order chi connectivity index (χ0) is 21.6. The van der Waals surface area contributed by atoms with E-state index in [0.717, 1.165) is 21.8 Å². The normalized spacial score (nSPS) is 11.4. The maximum atomic E-state index is 13.1. The van der Waals surface area contributed by atoms with Crippen LogP contribution in [0.15, 0.2) is 23.7 Å². The molecule has 154 valence electrons. The molecule has 0 saturated carbocycles. The molecule has 8 nitrogen and oxygen atoms in total. The van der Waals surface area contributed by atoms with Crippen LogP contribution in [-0.4, -0.2) is 31.6 Å². The van der Waals surface area contributed by atoms with Crippen molar-refractivity contribution in [2.24, 2.45) is 5.73 Å². The van der Waals surface area contributed by atoms with Crippen molar-refractivity contribution in [2.45, 2.75) is 33.7 Å². The van der Waals surface area contributed by atoms with Gasteiger partial charge in [-0.25, -0.2) is 14.6 Å². The highest BCUT2D eigenvalue weighted by molar-refractivity contribution is 7.14. The Bertz CT molecular complexity index is 1280. The number of rotatable bonds is 5. The molecule has 0 unspecified atom stereocenters. The highest BCUT2D eigenvalue weighted by Crippen LogP contribution is 2.33. The smallest absolute Gasteiger partial charge is 0.268 e. The van der Waals surface area contributed by atoms with Crippen LogP contribution in [0.3, 0.4) is 0 Å². The number of hydrogen-bond acceptors (Lipinski definition) is 7. The lowest BCUT2D eigenvalue weighted by Crippen LogP contribution is -2.15. The van der Waals surface area contributed by atoms with E-state index in [9.17, 15) is 9.59 Å². The molecule has 0 aliphatic rings. The quantitative estimate of drug-likeness (QED) is 0.483. The van der Waals surface area contributed by atoms with Gasteiger partial charge in [0.25, 0.3) is 11.8 Å². The third-order valence-corrected chi connectivity index (χ3v) is 6.32. The van der Waals surface area contributed by atoms with Crippen LogP contribution < -0.4 is 11.1 Å². The number of nitrogens with two attached hydrogens (primary N) is 1. The lowest BCUT2D eigenvalue weighted by Gasteiger charge is -2.10. The molecule has 10 heteroatoms. The molecule has 0 aliphatic heterocycles. The van der Waals surface area contributed by atoms with Crippen LogP contribution in [-0.2, 0) is 0 Å². The van der Waals surface area contributed by atoms with Gasteiger partial charge in [0.1, 0.15) is 5.69 Å². The van der Waals surface area contributed by atoms with E-state index >= 15 is 0 Å². The zero-order valence-electron chi connectivity index (χ0n) is 16.9. The molecule has 0 saturated heterocycles. The third-order valence-electron chi connectivity index (χ3n) is 4.59. The SMILES string of the molecule is Cc1cc(-c2cc(C(=O)Nc3nc(C(N)=O)cs3)c3cnn(C(C)C)c3n2)c(C)s1. The van der Waals surface area contributed by atoms with Crippen LogP contribution in [0.5, 0.6) is 0 Å². The summed E-state index contributed by atoms with van der Waals surface area (Å²) in [6.45, 7) is 8.12. The van der Waals surface area contributed by atoms with Crippen LogP contribution in [0, 0.1) is 13.8 Å².